The van der Waals surface area contributed by atoms with Gasteiger partial charge in [-0.05, 0) is 20.2 Å². The Labute approximate surface area is 185 Å². The first kappa shape index (κ1) is 20.9. The molecule has 1 amide bonds. The molecule has 0 saturated heterocycles. The predicted molar refractivity (Wildman–Crippen MR) is 121 cm³/mol. The third-order valence-electron chi connectivity index (χ3n) is 5.48. The number of benzene rings is 1. The van der Waals surface area contributed by atoms with Gasteiger partial charge in [-0.3, -0.25) is 4.79 Å². The van der Waals surface area contributed by atoms with Crippen LogP contribution >= 0.6 is 23.2 Å². The number of hydrogen-bond acceptors (Lipinski definition) is 5. The number of H-pyrrole nitrogens is 1. The van der Waals surface area contributed by atoms with E-state index in [-0.39, 0.29) is 11.7 Å². The molecule has 2 aromatic heterocycles. The molecule has 9 heteroatoms. The molecule has 4 rings (SSSR count). The number of fused-ring (bicyclic) bond motifs is 3. The number of aromatic amines is 1. The SMILES string of the molecule is CN(C)CCN(C)c1cnc(C(=O)N2CCc3[nH]c4c(Cl)c(Cl)ccc4c3C2)nc1. The Balaban J connectivity index is 1.51. The lowest BCUT2D eigenvalue weighted by molar-refractivity contribution is 0.0722. The van der Waals surface area contributed by atoms with E-state index in [1.54, 1.807) is 23.4 Å². The van der Waals surface area contributed by atoms with Gasteiger partial charge in [0.05, 0.1) is 33.6 Å². The zero-order valence-corrected chi connectivity index (χ0v) is 18.8. The van der Waals surface area contributed by atoms with Gasteiger partial charge in [0.1, 0.15) is 0 Å². The Bertz CT molecular complexity index is 1080. The van der Waals surface area contributed by atoms with Crippen LogP contribution in [0.5, 0.6) is 0 Å². The molecule has 1 aromatic carbocycles. The Kier molecular flexibility index (Phi) is 5.86. The number of aromatic nitrogens is 3. The van der Waals surface area contributed by atoms with Gasteiger partial charge >= 0.3 is 0 Å². The zero-order valence-electron chi connectivity index (χ0n) is 17.2. The number of hydrogen-bond donors (Lipinski definition) is 1. The van der Waals surface area contributed by atoms with Crippen molar-refractivity contribution in [3.63, 3.8) is 0 Å². The molecule has 0 aliphatic carbocycles. The molecular formula is C21H24Cl2N6O. The highest BCUT2D eigenvalue weighted by molar-refractivity contribution is 6.45. The Hall–Kier alpha value is -2.35. The minimum Gasteiger partial charge on any atom is -0.371 e. The van der Waals surface area contributed by atoms with Gasteiger partial charge in [-0.25, -0.2) is 9.97 Å². The lowest BCUT2D eigenvalue weighted by Gasteiger charge is -2.27. The number of carbonyl (C=O) groups excluding carboxylic acids is 1. The summed E-state index contributed by atoms with van der Waals surface area (Å²) < 4.78 is 0. The maximum Gasteiger partial charge on any atom is 0.291 e. The smallest absolute Gasteiger partial charge is 0.291 e. The molecule has 0 unspecified atom stereocenters. The van der Waals surface area contributed by atoms with E-state index < -0.39 is 0 Å². The highest BCUT2D eigenvalue weighted by atomic mass is 35.5. The summed E-state index contributed by atoms with van der Waals surface area (Å²) in [5.41, 5.74) is 3.88. The second kappa shape index (κ2) is 8.41. The zero-order chi connectivity index (χ0) is 21.4. The predicted octanol–water partition coefficient (Wildman–Crippen LogP) is 3.46. The molecule has 0 saturated carbocycles. The van der Waals surface area contributed by atoms with Gasteiger partial charge in [-0.1, -0.05) is 29.3 Å². The molecule has 0 bridgehead atoms. The molecule has 0 fully saturated rings. The van der Waals surface area contributed by atoms with Crippen molar-refractivity contribution in [2.45, 2.75) is 13.0 Å². The van der Waals surface area contributed by atoms with Crippen molar-refractivity contribution in [3.8, 4) is 0 Å². The van der Waals surface area contributed by atoms with Crippen molar-refractivity contribution in [1.82, 2.24) is 24.8 Å². The Morgan fingerprint density at radius 1 is 1.17 bits per heavy atom. The van der Waals surface area contributed by atoms with Crippen LogP contribution in [-0.2, 0) is 13.0 Å². The van der Waals surface area contributed by atoms with Crippen LogP contribution in [-0.4, -0.2) is 71.4 Å². The van der Waals surface area contributed by atoms with Gasteiger partial charge in [0.25, 0.3) is 5.91 Å². The summed E-state index contributed by atoms with van der Waals surface area (Å²) in [5.74, 6) is 0.0432. The molecule has 0 atom stereocenters. The topological polar surface area (TPSA) is 68.4 Å². The quantitative estimate of drug-likeness (QED) is 0.649. The van der Waals surface area contributed by atoms with Crippen LogP contribution in [0.4, 0.5) is 5.69 Å². The average Bonchev–Trinajstić information content (AvgIpc) is 3.12. The standard InChI is InChI=1S/C21H24Cl2N6O/c1-27(2)8-9-28(3)13-10-24-20(25-11-13)21(30)29-7-6-17-15(12-29)14-4-5-16(22)18(23)19(14)26-17/h4-5,10-11,26H,6-9,12H2,1-3H3. The number of halogens is 2. The number of carbonyl (C=O) groups is 1. The lowest BCUT2D eigenvalue weighted by atomic mass is 10.0. The first-order chi connectivity index (χ1) is 14.3. The van der Waals surface area contributed by atoms with Crippen molar-refractivity contribution in [2.75, 3.05) is 45.7 Å². The molecule has 1 N–H and O–H groups in total. The molecule has 3 aromatic rings. The summed E-state index contributed by atoms with van der Waals surface area (Å²) in [6.45, 7) is 2.86. The van der Waals surface area contributed by atoms with Gasteiger partial charge in [0.15, 0.2) is 0 Å². The van der Waals surface area contributed by atoms with Gasteiger partial charge in [0, 0.05) is 56.3 Å². The highest BCUT2D eigenvalue weighted by Crippen LogP contribution is 2.35. The first-order valence-corrected chi connectivity index (χ1v) is 10.6. The van der Waals surface area contributed by atoms with Crippen LogP contribution in [0.3, 0.4) is 0 Å². The summed E-state index contributed by atoms with van der Waals surface area (Å²) in [6, 6.07) is 3.73. The maximum atomic E-state index is 13.0. The molecule has 0 radical (unpaired) electrons. The molecule has 30 heavy (non-hydrogen) atoms. The number of nitrogens with one attached hydrogen (secondary N) is 1. The van der Waals surface area contributed by atoms with Gasteiger partial charge < -0.3 is 19.7 Å². The fourth-order valence-electron chi connectivity index (χ4n) is 3.65. The van der Waals surface area contributed by atoms with E-state index in [4.69, 9.17) is 23.2 Å². The van der Waals surface area contributed by atoms with E-state index in [1.807, 2.05) is 27.2 Å². The molecule has 7 nitrogen and oxygen atoms in total. The van der Waals surface area contributed by atoms with Crippen LogP contribution < -0.4 is 4.90 Å². The van der Waals surface area contributed by atoms with Crippen molar-refractivity contribution in [1.29, 1.82) is 0 Å². The van der Waals surface area contributed by atoms with Crippen molar-refractivity contribution in [2.24, 2.45) is 0 Å². The number of nitrogens with zero attached hydrogens (tertiary/aromatic N) is 5. The maximum absolute atomic E-state index is 13.0. The van der Waals surface area contributed by atoms with Crippen molar-refractivity contribution >= 4 is 45.7 Å². The van der Waals surface area contributed by atoms with E-state index in [0.29, 0.717) is 23.1 Å². The number of likely N-dealkylation sites (N-methyl/N-ethyl adjacent to an activating group) is 2. The van der Waals surface area contributed by atoms with Crippen LogP contribution in [0, 0.1) is 0 Å². The molecule has 3 heterocycles. The second-order valence-corrected chi connectivity index (χ2v) is 8.62. The molecular weight excluding hydrogens is 423 g/mol. The fourth-order valence-corrected chi connectivity index (χ4v) is 4.02. The summed E-state index contributed by atoms with van der Waals surface area (Å²) in [4.78, 5) is 31.0. The van der Waals surface area contributed by atoms with E-state index >= 15 is 0 Å². The van der Waals surface area contributed by atoms with Crippen LogP contribution in [0.1, 0.15) is 21.9 Å². The molecule has 0 spiro atoms. The third-order valence-corrected chi connectivity index (χ3v) is 6.29. The molecule has 1 aliphatic rings. The fraction of sp³-hybridized carbons (Fsp3) is 0.381. The van der Waals surface area contributed by atoms with Gasteiger partial charge in [0.2, 0.25) is 5.82 Å². The summed E-state index contributed by atoms with van der Waals surface area (Å²) in [7, 11) is 6.06. The Morgan fingerprint density at radius 2 is 1.90 bits per heavy atom. The van der Waals surface area contributed by atoms with Crippen LogP contribution in [0.25, 0.3) is 10.9 Å². The van der Waals surface area contributed by atoms with E-state index in [2.05, 4.69) is 24.8 Å². The summed E-state index contributed by atoms with van der Waals surface area (Å²) in [5, 5.41) is 2.02. The van der Waals surface area contributed by atoms with Crippen molar-refractivity contribution in [3.05, 3.63) is 51.7 Å². The van der Waals surface area contributed by atoms with E-state index in [9.17, 15) is 4.79 Å². The first-order valence-electron chi connectivity index (χ1n) is 9.79. The lowest BCUT2D eigenvalue weighted by Crippen LogP contribution is -2.36. The second-order valence-electron chi connectivity index (χ2n) is 7.83. The van der Waals surface area contributed by atoms with Gasteiger partial charge in [-0.2, -0.15) is 0 Å². The molecule has 158 valence electrons. The minimum absolute atomic E-state index is 0.169. The summed E-state index contributed by atoms with van der Waals surface area (Å²) in [6.07, 6.45) is 4.13. The number of amides is 1. The Morgan fingerprint density at radius 3 is 2.60 bits per heavy atom. The highest BCUT2D eigenvalue weighted by Gasteiger charge is 2.27. The van der Waals surface area contributed by atoms with E-state index in [1.165, 1.54) is 0 Å². The average molecular weight is 447 g/mol. The number of anilines is 1. The van der Waals surface area contributed by atoms with Gasteiger partial charge in [-0.15, -0.1) is 0 Å². The summed E-state index contributed by atoms with van der Waals surface area (Å²) >= 11 is 12.5. The minimum atomic E-state index is -0.169. The number of rotatable bonds is 5. The van der Waals surface area contributed by atoms with Crippen LogP contribution in [0.2, 0.25) is 10.0 Å². The normalized spacial score (nSPS) is 13.7. The van der Waals surface area contributed by atoms with Crippen molar-refractivity contribution < 1.29 is 4.79 Å². The van der Waals surface area contributed by atoms with Crippen LogP contribution in [0.15, 0.2) is 24.5 Å². The monoisotopic (exact) mass is 446 g/mol. The molecule has 1 aliphatic heterocycles. The largest absolute Gasteiger partial charge is 0.371 e. The third kappa shape index (κ3) is 3.97. The van der Waals surface area contributed by atoms with E-state index in [0.717, 1.165) is 47.4 Å².